The fourth-order valence-electron chi connectivity index (χ4n) is 2.01. The molecule has 0 unspecified atom stereocenters. The Hall–Kier alpha value is -1.69. The molecule has 2 aromatic rings. The van der Waals surface area contributed by atoms with Crippen molar-refractivity contribution in [2.45, 2.75) is 6.54 Å². The number of hydrogen-bond donors (Lipinski definition) is 3. The van der Waals surface area contributed by atoms with Crippen molar-refractivity contribution in [1.82, 2.24) is 0 Å². The van der Waals surface area contributed by atoms with Crippen LogP contribution in [0.2, 0.25) is 0 Å². The first kappa shape index (κ1) is 14.7. The first-order valence-corrected chi connectivity index (χ1v) is 6.89. The third-order valence-corrected chi connectivity index (χ3v) is 3.05. The minimum Gasteiger partial charge on any atom is -0.455 e. The highest BCUT2D eigenvalue weighted by Gasteiger charge is 2.09. The minimum atomic E-state index is -0.268. The topological polar surface area (TPSA) is 66.6 Å². The molecule has 1 aromatic carbocycles. The van der Waals surface area contributed by atoms with Crippen molar-refractivity contribution in [2.24, 2.45) is 0 Å². The van der Waals surface area contributed by atoms with E-state index < -0.39 is 0 Å². The number of furan rings is 1. The second-order valence-electron chi connectivity index (χ2n) is 4.62. The summed E-state index contributed by atoms with van der Waals surface area (Å²) >= 11 is 0. The van der Waals surface area contributed by atoms with Crippen LogP contribution in [0.25, 0.3) is 11.3 Å². The van der Waals surface area contributed by atoms with Gasteiger partial charge in [0.25, 0.3) is 0 Å². The van der Waals surface area contributed by atoms with Crippen molar-refractivity contribution in [3.05, 3.63) is 48.0 Å². The summed E-state index contributed by atoms with van der Waals surface area (Å²) in [5, 5.41) is 12.9. The number of hydrogen-bond acceptors (Lipinski definition) is 2. The fourth-order valence-corrected chi connectivity index (χ4v) is 2.01. The third-order valence-electron chi connectivity index (χ3n) is 3.05. The molecule has 0 saturated heterocycles. The number of benzene rings is 1. The molecule has 4 nitrogen and oxygen atoms in total. The molecule has 0 radical (unpaired) electrons. The highest BCUT2D eigenvalue weighted by atomic mass is 19.1. The molecule has 0 atom stereocenters. The molecule has 0 aliphatic carbocycles. The minimum absolute atomic E-state index is 0.212. The van der Waals surface area contributed by atoms with Crippen molar-refractivity contribution < 1.29 is 24.5 Å². The Kier molecular flexibility index (Phi) is 5.73. The molecule has 0 aliphatic heterocycles. The van der Waals surface area contributed by atoms with Gasteiger partial charge < -0.3 is 20.2 Å². The van der Waals surface area contributed by atoms with Crippen molar-refractivity contribution in [3.8, 4) is 11.3 Å². The maximum absolute atomic E-state index is 13.6. The molecular weight excluding hydrogens is 259 g/mol. The van der Waals surface area contributed by atoms with Gasteiger partial charge >= 0.3 is 0 Å². The lowest BCUT2D eigenvalue weighted by molar-refractivity contribution is -0.732. The van der Waals surface area contributed by atoms with E-state index in [4.69, 9.17) is 9.52 Å². The van der Waals surface area contributed by atoms with E-state index in [2.05, 4.69) is 10.6 Å². The summed E-state index contributed by atoms with van der Waals surface area (Å²) in [4.78, 5) is 0. The van der Waals surface area contributed by atoms with Crippen LogP contribution in [-0.2, 0) is 6.54 Å². The highest BCUT2D eigenvalue weighted by Crippen LogP contribution is 2.24. The largest absolute Gasteiger partial charge is 0.455 e. The average molecular weight is 280 g/mol. The van der Waals surface area contributed by atoms with Crippen molar-refractivity contribution in [2.75, 3.05) is 26.2 Å². The van der Waals surface area contributed by atoms with Crippen LogP contribution < -0.4 is 10.6 Å². The molecule has 20 heavy (non-hydrogen) atoms. The molecule has 0 spiro atoms. The average Bonchev–Trinajstić information content (AvgIpc) is 2.92. The fraction of sp³-hybridized carbons (Fsp3) is 0.333. The van der Waals surface area contributed by atoms with Gasteiger partial charge in [0.15, 0.2) is 5.76 Å². The normalized spacial score (nSPS) is 10.9. The molecule has 0 aliphatic rings. The number of quaternary nitrogens is 2. The number of rotatable bonds is 8. The maximum atomic E-state index is 13.6. The van der Waals surface area contributed by atoms with Gasteiger partial charge in [-0.05, 0) is 24.3 Å². The van der Waals surface area contributed by atoms with Gasteiger partial charge in [-0.1, -0.05) is 12.1 Å². The maximum Gasteiger partial charge on any atom is 0.158 e. The van der Waals surface area contributed by atoms with E-state index in [0.717, 1.165) is 31.9 Å². The summed E-state index contributed by atoms with van der Waals surface area (Å²) < 4.78 is 19.3. The predicted octanol–water partition coefficient (Wildman–Crippen LogP) is -0.295. The summed E-state index contributed by atoms with van der Waals surface area (Å²) in [6.45, 7) is 3.61. The molecule has 2 rings (SSSR count). The van der Waals surface area contributed by atoms with Crippen molar-refractivity contribution in [1.29, 1.82) is 0 Å². The van der Waals surface area contributed by atoms with Crippen LogP contribution >= 0.6 is 0 Å². The van der Waals surface area contributed by atoms with E-state index >= 15 is 0 Å². The quantitative estimate of drug-likeness (QED) is 0.582. The number of aliphatic hydroxyl groups is 1. The van der Waals surface area contributed by atoms with E-state index in [-0.39, 0.29) is 12.4 Å². The first-order valence-electron chi connectivity index (χ1n) is 6.89. The molecule has 0 saturated carbocycles. The standard InChI is InChI=1S/C15H19FN2O2/c16-14-4-2-1-3-13(14)15-6-5-12(20-15)11-18-8-7-17-9-10-19/h1-6,17-19H,7-11H2/p+2. The van der Waals surface area contributed by atoms with E-state index in [9.17, 15) is 4.39 Å². The Labute approximate surface area is 117 Å². The molecule has 5 N–H and O–H groups in total. The second-order valence-corrected chi connectivity index (χ2v) is 4.62. The molecular formula is C15H21FN2O2+2. The van der Waals surface area contributed by atoms with Crippen LogP contribution in [0.4, 0.5) is 4.39 Å². The molecule has 0 fully saturated rings. The molecule has 108 valence electrons. The summed E-state index contributed by atoms with van der Waals surface area (Å²) in [5.74, 6) is 1.14. The lowest BCUT2D eigenvalue weighted by atomic mass is 10.1. The van der Waals surface area contributed by atoms with Gasteiger partial charge in [0.05, 0.1) is 18.7 Å². The van der Waals surface area contributed by atoms with Crippen molar-refractivity contribution >= 4 is 0 Å². The highest BCUT2D eigenvalue weighted by molar-refractivity contribution is 5.58. The summed E-state index contributed by atoms with van der Waals surface area (Å²) in [6, 6.07) is 10.3. The Morgan fingerprint density at radius 2 is 1.80 bits per heavy atom. The number of aliphatic hydroxyl groups excluding tert-OH is 1. The van der Waals surface area contributed by atoms with Crippen molar-refractivity contribution in [3.63, 3.8) is 0 Å². The summed E-state index contributed by atoms with van der Waals surface area (Å²) in [5.41, 5.74) is 0.495. The molecule has 1 heterocycles. The molecule has 0 bridgehead atoms. The third kappa shape index (κ3) is 4.16. The SMILES string of the molecule is OCC[NH2+]CC[NH2+]Cc1ccc(-c2ccccc2F)o1. The Morgan fingerprint density at radius 1 is 1.00 bits per heavy atom. The Balaban J connectivity index is 1.82. The zero-order valence-corrected chi connectivity index (χ0v) is 11.4. The number of halogens is 1. The van der Waals surface area contributed by atoms with Crippen LogP contribution in [-0.4, -0.2) is 31.3 Å². The van der Waals surface area contributed by atoms with Crippen LogP contribution in [0.1, 0.15) is 5.76 Å². The lowest BCUT2D eigenvalue weighted by Crippen LogP contribution is -2.94. The van der Waals surface area contributed by atoms with Gasteiger partial charge in [0, 0.05) is 0 Å². The van der Waals surface area contributed by atoms with Crippen LogP contribution in [0.15, 0.2) is 40.8 Å². The Bertz CT molecular complexity index is 528. The van der Waals surface area contributed by atoms with Gasteiger partial charge in [0.1, 0.15) is 31.2 Å². The van der Waals surface area contributed by atoms with E-state index in [1.165, 1.54) is 6.07 Å². The first-order chi connectivity index (χ1) is 9.81. The molecule has 5 heteroatoms. The van der Waals surface area contributed by atoms with E-state index in [1.807, 2.05) is 6.07 Å². The zero-order chi connectivity index (χ0) is 14.2. The summed E-state index contributed by atoms with van der Waals surface area (Å²) in [7, 11) is 0. The van der Waals surface area contributed by atoms with E-state index in [0.29, 0.717) is 11.3 Å². The number of nitrogens with two attached hydrogens (primary N) is 2. The van der Waals surface area contributed by atoms with Gasteiger partial charge in [-0.25, -0.2) is 4.39 Å². The van der Waals surface area contributed by atoms with Gasteiger partial charge in [-0.15, -0.1) is 0 Å². The van der Waals surface area contributed by atoms with Crippen LogP contribution in [0.5, 0.6) is 0 Å². The smallest absolute Gasteiger partial charge is 0.158 e. The van der Waals surface area contributed by atoms with Crippen LogP contribution in [0.3, 0.4) is 0 Å². The molecule has 0 amide bonds. The zero-order valence-electron chi connectivity index (χ0n) is 11.4. The summed E-state index contributed by atoms with van der Waals surface area (Å²) in [6.07, 6.45) is 0. The van der Waals surface area contributed by atoms with Crippen LogP contribution in [0, 0.1) is 5.82 Å². The van der Waals surface area contributed by atoms with Gasteiger partial charge in [-0.2, -0.15) is 0 Å². The van der Waals surface area contributed by atoms with E-state index in [1.54, 1.807) is 24.3 Å². The Morgan fingerprint density at radius 3 is 2.60 bits per heavy atom. The lowest BCUT2D eigenvalue weighted by Gasteiger charge is -2.00. The second kappa shape index (κ2) is 7.79. The van der Waals surface area contributed by atoms with Gasteiger partial charge in [-0.3, -0.25) is 0 Å². The monoisotopic (exact) mass is 280 g/mol. The van der Waals surface area contributed by atoms with Gasteiger partial charge in [0.2, 0.25) is 0 Å². The molecule has 1 aromatic heterocycles. The predicted molar refractivity (Wildman–Crippen MR) is 73.3 cm³/mol.